The van der Waals surface area contributed by atoms with E-state index in [4.69, 9.17) is 4.42 Å². The minimum Gasteiger partial charge on any atom is -0.440 e. The highest BCUT2D eigenvalue weighted by molar-refractivity contribution is 6.03. The summed E-state index contributed by atoms with van der Waals surface area (Å²) in [6.45, 7) is 6.13. The van der Waals surface area contributed by atoms with Crippen LogP contribution in [-0.2, 0) is 5.41 Å². The molecule has 0 fully saturated rings. The number of hydrogen-bond acceptors (Lipinski definition) is 4. The highest BCUT2D eigenvalue weighted by Crippen LogP contribution is 2.27. The Balaban J connectivity index is 1.88. The molecule has 1 N–H and O–H groups in total. The van der Waals surface area contributed by atoms with Crippen molar-refractivity contribution in [1.29, 1.82) is 0 Å². The summed E-state index contributed by atoms with van der Waals surface area (Å²) in [4.78, 5) is 20.6. The number of carbonyl (C=O) groups is 1. The van der Waals surface area contributed by atoms with Crippen molar-refractivity contribution >= 4 is 22.7 Å². The van der Waals surface area contributed by atoms with Crippen LogP contribution in [0.3, 0.4) is 0 Å². The zero-order valence-corrected chi connectivity index (χ0v) is 12.8. The van der Waals surface area contributed by atoms with Gasteiger partial charge in [0, 0.05) is 17.3 Å². The van der Waals surface area contributed by atoms with Gasteiger partial charge >= 0.3 is 0 Å². The van der Waals surface area contributed by atoms with Crippen molar-refractivity contribution in [2.75, 3.05) is 5.32 Å². The fourth-order valence-electron chi connectivity index (χ4n) is 2.02. The average molecular weight is 295 g/mol. The molecule has 0 aliphatic carbocycles. The summed E-state index contributed by atoms with van der Waals surface area (Å²) in [5.74, 6) is 0.426. The van der Waals surface area contributed by atoms with E-state index in [1.807, 2.05) is 26.8 Å². The smallest absolute Gasteiger partial charge is 0.274 e. The van der Waals surface area contributed by atoms with Crippen molar-refractivity contribution in [2.24, 2.45) is 0 Å². The van der Waals surface area contributed by atoms with E-state index in [2.05, 4.69) is 15.3 Å². The Bertz CT molecular complexity index is 817. The number of anilines is 1. The first-order valence-corrected chi connectivity index (χ1v) is 7.07. The van der Waals surface area contributed by atoms with Crippen LogP contribution in [0.2, 0.25) is 0 Å². The second kappa shape index (κ2) is 5.26. The third-order valence-electron chi connectivity index (χ3n) is 3.18. The van der Waals surface area contributed by atoms with E-state index in [-0.39, 0.29) is 11.3 Å². The van der Waals surface area contributed by atoms with Crippen molar-refractivity contribution in [1.82, 2.24) is 9.97 Å². The van der Waals surface area contributed by atoms with Crippen LogP contribution in [0.25, 0.3) is 11.1 Å². The Morgan fingerprint density at radius 2 is 2.00 bits per heavy atom. The number of pyridine rings is 1. The normalized spacial score (nSPS) is 11.6. The van der Waals surface area contributed by atoms with Crippen LogP contribution in [0.5, 0.6) is 0 Å². The van der Waals surface area contributed by atoms with Crippen LogP contribution in [0.1, 0.15) is 37.2 Å². The minimum atomic E-state index is -0.250. The van der Waals surface area contributed by atoms with Gasteiger partial charge in [-0.05, 0) is 30.3 Å². The van der Waals surface area contributed by atoms with Crippen LogP contribution < -0.4 is 5.32 Å². The third-order valence-corrected chi connectivity index (χ3v) is 3.18. The predicted molar refractivity (Wildman–Crippen MR) is 84.9 cm³/mol. The maximum Gasteiger partial charge on any atom is 0.274 e. The van der Waals surface area contributed by atoms with Gasteiger partial charge in [0.05, 0.1) is 0 Å². The van der Waals surface area contributed by atoms with Gasteiger partial charge < -0.3 is 9.73 Å². The first kappa shape index (κ1) is 14.3. The van der Waals surface area contributed by atoms with Crippen LogP contribution in [0.15, 0.2) is 47.0 Å². The van der Waals surface area contributed by atoms with Crippen molar-refractivity contribution < 1.29 is 9.21 Å². The van der Waals surface area contributed by atoms with E-state index in [1.54, 1.807) is 36.5 Å². The number of rotatable bonds is 2. The molecule has 2 aromatic heterocycles. The van der Waals surface area contributed by atoms with Crippen molar-refractivity contribution in [2.45, 2.75) is 26.2 Å². The van der Waals surface area contributed by atoms with Crippen molar-refractivity contribution in [3.05, 3.63) is 54.2 Å². The summed E-state index contributed by atoms with van der Waals surface area (Å²) in [6.07, 6.45) is 1.59. The molecule has 2 heterocycles. The monoisotopic (exact) mass is 295 g/mol. The zero-order valence-electron chi connectivity index (χ0n) is 12.8. The largest absolute Gasteiger partial charge is 0.440 e. The quantitative estimate of drug-likeness (QED) is 0.781. The lowest BCUT2D eigenvalue weighted by atomic mass is 9.97. The Kier molecular flexibility index (Phi) is 3.41. The topological polar surface area (TPSA) is 68.0 Å². The second-order valence-corrected chi connectivity index (χ2v) is 6.12. The van der Waals surface area contributed by atoms with E-state index in [0.29, 0.717) is 22.9 Å². The Morgan fingerprint density at radius 3 is 2.68 bits per heavy atom. The van der Waals surface area contributed by atoms with Gasteiger partial charge in [-0.15, -0.1) is 0 Å². The molecule has 0 radical (unpaired) electrons. The summed E-state index contributed by atoms with van der Waals surface area (Å²) in [7, 11) is 0. The average Bonchev–Trinajstić information content (AvgIpc) is 2.91. The summed E-state index contributed by atoms with van der Waals surface area (Å²) in [5.41, 5.74) is 2.32. The van der Waals surface area contributed by atoms with Crippen LogP contribution >= 0.6 is 0 Å². The van der Waals surface area contributed by atoms with Gasteiger partial charge in [0.2, 0.25) is 5.89 Å². The van der Waals surface area contributed by atoms with Crippen molar-refractivity contribution in [3.63, 3.8) is 0 Å². The third kappa shape index (κ3) is 2.83. The lowest BCUT2D eigenvalue weighted by molar-refractivity contribution is 0.102. The molecule has 0 saturated carbocycles. The van der Waals surface area contributed by atoms with Gasteiger partial charge in [-0.2, -0.15) is 0 Å². The fraction of sp³-hybridized carbons (Fsp3) is 0.235. The summed E-state index contributed by atoms with van der Waals surface area (Å²) >= 11 is 0. The van der Waals surface area contributed by atoms with Gasteiger partial charge in [-0.1, -0.05) is 26.8 Å². The highest BCUT2D eigenvalue weighted by Gasteiger charge is 2.21. The van der Waals surface area contributed by atoms with Gasteiger partial charge in [0.1, 0.15) is 11.2 Å². The van der Waals surface area contributed by atoms with E-state index in [9.17, 15) is 4.79 Å². The number of oxazole rings is 1. The molecule has 1 aromatic carbocycles. The fourth-order valence-corrected chi connectivity index (χ4v) is 2.02. The first-order chi connectivity index (χ1) is 10.4. The molecule has 3 aromatic rings. The molecule has 0 saturated heterocycles. The van der Waals surface area contributed by atoms with E-state index >= 15 is 0 Å². The lowest BCUT2D eigenvalue weighted by Crippen LogP contribution is -2.13. The summed E-state index contributed by atoms with van der Waals surface area (Å²) < 4.78 is 5.74. The molecule has 0 bridgehead atoms. The molecule has 112 valence electrons. The predicted octanol–water partition coefficient (Wildman–Crippen LogP) is 3.77. The molecular weight excluding hydrogens is 278 g/mol. The number of aromatic nitrogens is 2. The Hall–Kier alpha value is -2.69. The van der Waals surface area contributed by atoms with E-state index in [0.717, 1.165) is 5.52 Å². The number of amides is 1. The molecule has 5 nitrogen and oxygen atoms in total. The number of fused-ring (bicyclic) bond motifs is 1. The standard InChI is InChI=1S/C17H17N3O2/c1-17(2,3)16-20-13-10-11(7-8-14(13)22-16)19-15(21)12-6-4-5-9-18-12/h4-10H,1-3H3,(H,19,21). The molecular formula is C17H17N3O2. The number of carbonyl (C=O) groups excluding carboxylic acids is 1. The summed E-state index contributed by atoms with van der Waals surface area (Å²) in [6, 6.07) is 10.6. The zero-order chi connectivity index (χ0) is 15.7. The SMILES string of the molecule is CC(C)(C)c1nc2cc(NC(=O)c3ccccn3)ccc2o1. The van der Waals surface area contributed by atoms with Crippen molar-refractivity contribution in [3.8, 4) is 0 Å². The summed E-state index contributed by atoms with van der Waals surface area (Å²) in [5, 5.41) is 2.82. The van der Waals surface area contributed by atoms with Crippen LogP contribution in [0, 0.1) is 0 Å². The molecule has 0 aliphatic rings. The Morgan fingerprint density at radius 1 is 1.18 bits per heavy atom. The maximum atomic E-state index is 12.1. The van der Waals surface area contributed by atoms with Gasteiger partial charge in [0.25, 0.3) is 5.91 Å². The number of nitrogens with one attached hydrogen (secondary N) is 1. The number of hydrogen-bond donors (Lipinski definition) is 1. The molecule has 0 atom stereocenters. The number of nitrogens with zero attached hydrogens (tertiary/aromatic N) is 2. The van der Waals surface area contributed by atoms with Gasteiger partial charge in [-0.25, -0.2) is 4.98 Å². The first-order valence-electron chi connectivity index (χ1n) is 7.07. The molecule has 5 heteroatoms. The Labute approximate surface area is 128 Å². The number of benzene rings is 1. The van der Waals surface area contributed by atoms with Gasteiger partial charge in [0.15, 0.2) is 5.58 Å². The second-order valence-electron chi connectivity index (χ2n) is 6.12. The van der Waals surface area contributed by atoms with E-state index < -0.39 is 0 Å². The lowest BCUT2D eigenvalue weighted by Gasteiger charge is -2.11. The van der Waals surface area contributed by atoms with Crippen LogP contribution in [0.4, 0.5) is 5.69 Å². The molecule has 0 unspecified atom stereocenters. The minimum absolute atomic E-state index is 0.156. The molecule has 3 rings (SSSR count). The highest BCUT2D eigenvalue weighted by atomic mass is 16.3. The molecule has 22 heavy (non-hydrogen) atoms. The van der Waals surface area contributed by atoms with E-state index in [1.165, 1.54) is 0 Å². The van der Waals surface area contributed by atoms with Crippen LogP contribution in [-0.4, -0.2) is 15.9 Å². The molecule has 0 spiro atoms. The van der Waals surface area contributed by atoms with Gasteiger partial charge in [-0.3, -0.25) is 9.78 Å². The molecule has 1 amide bonds. The molecule has 0 aliphatic heterocycles. The maximum absolute atomic E-state index is 12.1.